The van der Waals surface area contributed by atoms with Crippen molar-refractivity contribution in [3.8, 4) is 0 Å². The van der Waals surface area contributed by atoms with Crippen molar-refractivity contribution >= 4 is 6.09 Å². The highest BCUT2D eigenvalue weighted by Crippen LogP contribution is 2.09. The SMILES string of the molecule is CN(CCOCCOCCOCCOCCOCCOCCOCCOCCOCCOCCOCCOCCOC1CCNCC1)C(=O)OC(C)(C)C. The van der Waals surface area contributed by atoms with E-state index in [1.807, 2.05) is 20.8 Å². The fraction of sp³-hybridized carbons (Fsp3) is 0.973. The maximum absolute atomic E-state index is 11.9. The molecule has 1 saturated heterocycles. The molecule has 0 atom stereocenters. The Morgan fingerprint density at radius 1 is 0.463 bits per heavy atom. The van der Waals surface area contributed by atoms with Crippen LogP contribution in [0.15, 0.2) is 0 Å². The minimum absolute atomic E-state index is 0.365. The number of carbonyl (C=O) groups is 1. The molecule has 322 valence electrons. The molecule has 17 heteroatoms. The van der Waals surface area contributed by atoms with E-state index in [1.54, 1.807) is 7.05 Å². The van der Waals surface area contributed by atoms with E-state index in [9.17, 15) is 4.79 Å². The number of ether oxygens (including phenoxy) is 14. The summed E-state index contributed by atoms with van der Waals surface area (Å²) in [6.07, 6.45) is 2.15. The molecular formula is C37H74N2O15. The molecule has 1 aliphatic heterocycles. The molecule has 1 amide bonds. The molecule has 0 aromatic rings. The predicted molar refractivity (Wildman–Crippen MR) is 201 cm³/mol. The molecule has 17 nitrogen and oxygen atoms in total. The molecule has 1 fully saturated rings. The lowest BCUT2D eigenvalue weighted by atomic mass is 10.1. The number of amides is 1. The van der Waals surface area contributed by atoms with Crippen molar-refractivity contribution in [2.75, 3.05) is 192 Å². The Balaban J connectivity index is 1.63. The average Bonchev–Trinajstić information content (AvgIpc) is 3.15. The summed E-state index contributed by atoms with van der Waals surface area (Å²) in [6.45, 7) is 20.7. The number of hydrogen-bond acceptors (Lipinski definition) is 16. The number of likely N-dealkylation sites (N-methyl/N-ethyl adjacent to an activating group) is 1. The molecule has 0 radical (unpaired) electrons. The van der Waals surface area contributed by atoms with Crippen molar-refractivity contribution in [3.63, 3.8) is 0 Å². The third-order valence-corrected chi connectivity index (χ3v) is 7.24. The van der Waals surface area contributed by atoms with Gasteiger partial charge in [-0.15, -0.1) is 0 Å². The zero-order valence-electron chi connectivity index (χ0n) is 33.9. The Bertz CT molecular complexity index is 791. The Hall–Kier alpha value is -1.29. The number of hydrogen-bond donors (Lipinski definition) is 1. The summed E-state index contributed by atoms with van der Waals surface area (Å²) < 4.78 is 77.0. The number of carbonyl (C=O) groups excluding carboxylic acids is 1. The van der Waals surface area contributed by atoms with E-state index in [0.717, 1.165) is 25.9 Å². The number of rotatable bonds is 40. The van der Waals surface area contributed by atoms with Gasteiger partial charge in [0.05, 0.1) is 171 Å². The molecule has 1 N–H and O–H groups in total. The molecule has 0 bridgehead atoms. The highest BCUT2D eigenvalue weighted by molar-refractivity contribution is 5.67. The summed E-state index contributed by atoms with van der Waals surface area (Å²) >= 11 is 0. The lowest BCUT2D eigenvalue weighted by Gasteiger charge is -2.24. The largest absolute Gasteiger partial charge is 0.444 e. The summed E-state index contributed by atoms with van der Waals surface area (Å²) in [5, 5.41) is 3.33. The van der Waals surface area contributed by atoms with Crippen molar-refractivity contribution in [3.05, 3.63) is 0 Å². The van der Waals surface area contributed by atoms with Gasteiger partial charge in [0.25, 0.3) is 0 Å². The fourth-order valence-corrected chi connectivity index (χ4v) is 4.39. The zero-order chi connectivity index (χ0) is 39.1. The first-order valence-electron chi connectivity index (χ1n) is 19.6. The monoisotopic (exact) mass is 787 g/mol. The standard InChI is InChI=1S/C37H74N2O15/c1-37(2,3)54-36(40)39(4)9-10-41-11-12-42-13-14-43-15-16-44-17-18-45-19-20-46-21-22-47-23-24-48-25-26-49-27-28-50-29-30-51-31-32-52-33-34-53-35-5-7-38-8-6-35/h35,38H,5-34H2,1-4H3. The van der Waals surface area contributed by atoms with E-state index in [4.69, 9.17) is 66.3 Å². The first-order chi connectivity index (χ1) is 26.4. The van der Waals surface area contributed by atoms with Gasteiger partial charge in [-0.25, -0.2) is 4.79 Å². The topological polar surface area (TPSA) is 162 Å². The van der Waals surface area contributed by atoms with Gasteiger partial charge in [0.2, 0.25) is 0 Å². The minimum atomic E-state index is -0.512. The van der Waals surface area contributed by atoms with Crippen LogP contribution in [0, 0.1) is 0 Å². The van der Waals surface area contributed by atoms with Gasteiger partial charge in [0.1, 0.15) is 5.60 Å². The van der Waals surface area contributed by atoms with E-state index in [-0.39, 0.29) is 6.09 Å². The summed E-state index contributed by atoms with van der Waals surface area (Å²) in [4.78, 5) is 13.4. The Kier molecular flexibility index (Phi) is 36.2. The van der Waals surface area contributed by atoms with Crippen LogP contribution in [0.4, 0.5) is 4.79 Å². The first-order valence-corrected chi connectivity index (χ1v) is 19.6. The number of nitrogens with one attached hydrogen (secondary N) is 1. The van der Waals surface area contributed by atoms with Crippen molar-refractivity contribution in [1.82, 2.24) is 10.2 Å². The van der Waals surface area contributed by atoms with Gasteiger partial charge in [0, 0.05) is 13.6 Å². The fourth-order valence-electron chi connectivity index (χ4n) is 4.39. The lowest BCUT2D eigenvalue weighted by Crippen LogP contribution is -2.36. The van der Waals surface area contributed by atoms with Crippen molar-refractivity contribution in [1.29, 1.82) is 0 Å². The van der Waals surface area contributed by atoms with Crippen LogP contribution in [0.2, 0.25) is 0 Å². The van der Waals surface area contributed by atoms with Crippen LogP contribution < -0.4 is 5.32 Å². The third kappa shape index (κ3) is 37.6. The molecule has 1 heterocycles. The molecule has 0 aromatic carbocycles. The normalized spacial score (nSPS) is 13.9. The molecule has 0 spiro atoms. The summed E-state index contributed by atoms with van der Waals surface area (Å²) in [6, 6.07) is 0. The van der Waals surface area contributed by atoms with Crippen LogP contribution in [0.1, 0.15) is 33.6 Å². The van der Waals surface area contributed by atoms with E-state index >= 15 is 0 Å². The quantitative estimate of drug-likeness (QED) is 0.0895. The van der Waals surface area contributed by atoms with Crippen LogP contribution in [-0.2, 0) is 66.3 Å². The van der Waals surface area contributed by atoms with Gasteiger partial charge >= 0.3 is 6.09 Å². The second-order valence-electron chi connectivity index (χ2n) is 13.1. The van der Waals surface area contributed by atoms with E-state index < -0.39 is 5.60 Å². The number of piperidine rings is 1. The zero-order valence-corrected chi connectivity index (χ0v) is 33.9. The Morgan fingerprint density at radius 3 is 1.00 bits per heavy atom. The van der Waals surface area contributed by atoms with Crippen molar-refractivity contribution in [2.24, 2.45) is 0 Å². The van der Waals surface area contributed by atoms with Gasteiger partial charge in [-0.05, 0) is 46.7 Å². The minimum Gasteiger partial charge on any atom is -0.444 e. The van der Waals surface area contributed by atoms with Crippen LogP contribution in [-0.4, -0.2) is 215 Å². The smallest absolute Gasteiger partial charge is 0.410 e. The third-order valence-electron chi connectivity index (χ3n) is 7.24. The van der Waals surface area contributed by atoms with Gasteiger partial charge < -0.3 is 76.5 Å². The predicted octanol–water partition coefficient (Wildman–Crippen LogP) is 1.82. The van der Waals surface area contributed by atoms with Crippen LogP contribution in [0.3, 0.4) is 0 Å². The van der Waals surface area contributed by atoms with Crippen molar-refractivity contribution in [2.45, 2.75) is 45.3 Å². The molecule has 0 aromatic heterocycles. The summed E-state index contributed by atoms with van der Waals surface area (Å²) in [7, 11) is 1.68. The molecule has 0 saturated carbocycles. The molecule has 1 rings (SSSR count). The van der Waals surface area contributed by atoms with Gasteiger partial charge in [-0.2, -0.15) is 0 Å². The van der Waals surface area contributed by atoms with Crippen molar-refractivity contribution < 1.29 is 71.1 Å². The maximum Gasteiger partial charge on any atom is 0.410 e. The van der Waals surface area contributed by atoms with E-state index in [2.05, 4.69) is 5.32 Å². The second kappa shape index (κ2) is 38.6. The van der Waals surface area contributed by atoms with Gasteiger partial charge in [0.15, 0.2) is 0 Å². The maximum atomic E-state index is 11.9. The molecular weight excluding hydrogens is 712 g/mol. The van der Waals surface area contributed by atoms with E-state index in [1.165, 1.54) is 4.90 Å². The summed E-state index contributed by atoms with van der Waals surface area (Å²) in [5.74, 6) is 0. The highest BCUT2D eigenvalue weighted by Gasteiger charge is 2.19. The van der Waals surface area contributed by atoms with Crippen LogP contribution in [0.5, 0.6) is 0 Å². The second-order valence-corrected chi connectivity index (χ2v) is 13.1. The lowest BCUT2D eigenvalue weighted by molar-refractivity contribution is -0.0328. The highest BCUT2D eigenvalue weighted by atomic mass is 16.6. The number of nitrogens with zero attached hydrogens (tertiary/aromatic N) is 1. The molecule has 54 heavy (non-hydrogen) atoms. The Morgan fingerprint density at radius 2 is 0.722 bits per heavy atom. The molecule has 1 aliphatic rings. The van der Waals surface area contributed by atoms with Crippen LogP contribution >= 0.6 is 0 Å². The van der Waals surface area contributed by atoms with Gasteiger partial charge in [-0.1, -0.05) is 0 Å². The van der Waals surface area contributed by atoms with E-state index in [0.29, 0.717) is 178 Å². The molecule has 0 unspecified atom stereocenters. The van der Waals surface area contributed by atoms with Crippen LogP contribution in [0.25, 0.3) is 0 Å². The Labute approximate surface area is 324 Å². The summed E-state index contributed by atoms with van der Waals surface area (Å²) in [5.41, 5.74) is -0.512. The molecule has 0 aliphatic carbocycles. The van der Waals surface area contributed by atoms with Gasteiger partial charge in [-0.3, -0.25) is 0 Å². The first kappa shape index (κ1) is 50.7. The average molecular weight is 787 g/mol.